The highest BCUT2D eigenvalue weighted by Gasteiger charge is 2.22. The van der Waals surface area contributed by atoms with E-state index in [4.69, 9.17) is 4.74 Å². The van der Waals surface area contributed by atoms with Gasteiger partial charge in [-0.2, -0.15) is 5.26 Å². The third-order valence-corrected chi connectivity index (χ3v) is 3.49. The van der Waals surface area contributed by atoms with Crippen LogP contribution in [0.5, 0.6) is 5.75 Å². The van der Waals surface area contributed by atoms with Crippen molar-refractivity contribution >= 4 is 5.91 Å². The molecule has 0 aromatic heterocycles. The first kappa shape index (κ1) is 13.4. The third-order valence-electron chi connectivity index (χ3n) is 3.49. The monoisotopic (exact) mass is 258 g/mol. The Hall–Kier alpha value is -2.02. The molecule has 1 aliphatic heterocycles. The van der Waals surface area contributed by atoms with Crippen LogP contribution in [0.15, 0.2) is 24.3 Å². The van der Waals surface area contributed by atoms with Gasteiger partial charge in [0.25, 0.3) is 0 Å². The molecule has 1 aromatic rings. The van der Waals surface area contributed by atoms with Crippen molar-refractivity contribution in [3.05, 3.63) is 29.8 Å². The topological polar surface area (TPSA) is 53.3 Å². The minimum atomic E-state index is -0.400. The van der Waals surface area contributed by atoms with Gasteiger partial charge in [-0.15, -0.1) is 0 Å². The first-order valence-corrected chi connectivity index (χ1v) is 6.56. The zero-order chi connectivity index (χ0) is 13.7. The predicted octanol–water partition coefficient (Wildman–Crippen LogP) is 2.31. The Labute approximate surface area is 113 Å². The number of likely N-dealkylation sites (tertiary alicyclic amines) is 1. The van der Waals surface area contributed by atoms with Crippen LogP contribution in [0.1, 0.15) is 30.7 Å². The van der Waals surface area contributed by atoms with Crippen LogP contribution in [-0.2, 0) is 4.79 Å². The van der Waals surface area contributed by atoms with E-state index in [1.54, 1.807) is 7.11 Å². The second-order valence-electron chi connectivity index (χ2n) is 4.75. The van der Waals surface area contributed by atoms with Gasteiger partial charge in [0.2, 0.25) is 5.91 Å². The van der Waals surface area contributed by atoms with Gasteiger partial charge in [-0.05, 0) is 30.5 Å². The van der Waals surface area contributed by atoms with Gasteiger partial charge in [0.1, 0.15) is 5.75 Å². The van der Waals surface area contributed by atoms with Crippen LogP contribution >= 0.6 is 0 Å². The van der Waals surface area contributed by atoms with Crippen molar-refractivity contribution in [2.75, 3.05) is 20.2 Å². The van der Waals surface area contributed by atoms with Crippen molar-refractivity contribution in [2.45, 2.75) is 25.2 Å². The highest BCUT2D eigenvalue weighted by Crippen LogP contribution is 2.24. The van der Waals surface area contributed by atoms with E-state index >= 15 is 0 Å². The number of carbonyl (C=O) groups excluding carboxylic acids is 1. The molecule has 1 heterocycles. The molecule has 4 heteroatoms. The number of nitriles is 1. The van der Waals surface area contributed by atoms with Gasteiger partial charge < -0.3 is 9.64 Å². The SMILES string of the molecule is COc1cccc(C(C#N)CC(=O)N2CCCC2)c1. The fourth-order valence-electron chi connectivity index (χ4n) is 2.37. The van der Waals surface area contributed by atoms with E-state index in [0.717, 1.165) is 31.5 Å². The Balaban J connectivity index is 2.07. The summed E-state index contributed by atoms with van der Waals surface area (Å²) >= 11 is 0. The highest BCUT2D eigenvalue weighted by molar-refractivity contribution is 5.77. The minimum Gasteiger partial charge on any atom is -0.497 e. The van der Waals surface area contributed by atoms with Crippen LogP contribution in [0.2, 0.25) is 0 Å². The molecule has 1 aliphatic rings. The maximum atomic E-state index is 12.1. The van der Waals surface area contributed by atoms with Gasteiger partial charge in [-0.3, -0.25) is 4.79 Å². The lowest BCUT2D eigenvalue weighted by atomic mass is 9.96. The molecule has 0 radical (unpaired) electrons. The molecule has 1 fully saturated rings. The zero-order valence-electron chi connectivity index (χ0n) is 11.1. The van der Waals surface area contributed by atoms with Gasteiger partial charge in [0, 0.05) is 19.5 Å². The molecule has 1 amide bonds. The minimum absolute atomic E-state index is 0.0758. The molecular weight excluding hydrogens is 240 g/mol. The summed E-state index contributed by atoms with van der Waals surface area (Å²) in [5.41, 5.74) is 0.842. The van der Waals surface area contributed by atoms with Crippen LogP contribution in [0.4, 0.5) is 0 Å². The first-order chi connectivity index (χ1) is 9.24. The Morgan fingerprint density at radius 1 is 1.47 bits per heavy atom. The molecule has 19 heavy (non-hydrogen) atoms. The Bertz CT molecular complexity index is 487. The van der Waals surface area contributed by atoms with E-state index in [1.807, 2.05) is 29.2 Å². The van der Waals surface area contributed by atoms with Crippen LogP contribution in [0.3, 0.4) is 0 Å². The maximum Gasteiger partial charge on any atom is 0.224 e. The van der Waals surface area contributed by atoms with Gasteiger partial charge in [0.05, 0.1) is 19.1 Å². The number of benzene rings is 1. The van der Waals surface area contributed by atoms with E-state index in [-0.39, 0.29) is 12.3 Å². The largest absolute Gasteiger partial charge is 0.497 e. The van der Waals surface area contributed by atoms with E-state index in [0.29, 0.717) is 5.75 Å². The summed E-state index contributed by atoms with van der Waals surface area (Å²) < 4.78 is 5.15. The van der Waals surface area contributed by atoms with Crippen molar-refractivity contribution in [1.82, 2.24) is 4.90 Å². The maximum absolute atomic E-state index is 12.1. The number of carbonyl (C=O) groups is 1. The molecule has 0 N–H and O–H groups in total. The van der Waals surface area contributed by atoms with Crippen LogP contribution in [-0.4, -0.2) is 31.0 Å². The van der Waals surface area contributed by atoms with Crippen LogP contribution in [0.25, 0.3) is 0 Å². The molecule has 4 nitrogen and oxygen atoms in total. The molecule has 100 valence electrons. The predicted molar refractivity (Wildman–Crippen MR) is 71.8 cm³/mol. The Morgan fingerprint density at radius 3 is 2.84 bits per heavy atom. The molecule has 1 atom stereocenters. The number of rotatable bonds is 4. The summed E-state index contributed by atoms with van der Waals surface area (Å²) in [6.45, 7) is 1.66. The lowest BCUT2D eigenvalue weighted by Crippen LogP contribution is -2.28. The summed E-state index contributed by atoms with van der Waals surface area (Å²) in [7, 11) is 1.59. The summed E-state index contributed by atoms with van der Waals surface area (Å²) in [5.74, 6) is 0.390. The molecule has 1 unspecified atom stereocenters. The third kappa shape index (κ3) is 3.25. The van der Waals surface area contributed by atoms with Gasteiger partial charge in [0.15, 0.2) is 0 Å². The van der Waals surface area contributed by atoms with Crippen LogP contribution < -0.4 is 4.74 Å². The van der Waals surface area contributed by atoms with Crippen molar-refractivity contribution in [2.24, 2.45) is 0 Å². The number of methoxy groups -OCH3 is 1. The van der Waals surface area contributed by atoms with Crippen molar-refractivity contribution in [3.63, 3.8) is 0 Å². The molecule has 0 bridgehead atoms. The Kier molecular flexibility index (Phi) is 4.40. The summed E-state index contributed by atoms with van der Waals surface area (Å²) in [4.78, 5) is 13.9. The number of hydrogen-bond donors (Lipinski definition) is 0. The summed E-state index contributed by atoms with van der Waals surface area (Å²) in [6.07, 6.45) is 2.40. The molecule has 1 aromatic carbocycles. The molecular formula is C15H18N2O2. The van der Waals surface area contributed by atoms with Crippen molar-refractivity contribution in [1.29, 1.82) is 5.26 Å². The average molecular weight is 258 g/mol. The lowest BCUT2D eigenvalue weighted by molar-refractivity contribution is -0.130. The normalized spacial score (nSPS) is 15.9. The quantitative estimate of drug-likeness (QED) is 0.832. The molecule has 0 spiro atoms. The molecule has 1 saturated heterocycles. The van der Waals surface area contributed by atoms with E-state index < -0.39 is 5.92 Å². The highest BCUT2D eigenvalue weighted by atomic mass is 16.5. The van der Waals surface area contributed by atoms with Crippen molar-refractivity contribution < 1.29 is 9.53 Å². The molecule has 2 rings (SSSR count). The standard InChI is InChI=1S/C15H18N2O2/c1-19-14-6-4-5-12(9-14)13(11-16)10-15(18)17-7-2-3-8-17/h4-6,9,13H,2-3,7-8,10H2,1H3. The van der Waals surface area contributed by atoms with E-state index in [9.17, 15) is 10.1 Å². The molecule has 0 aliphatic carbocycles. The summed E-state index contributed by atoms with van der Waals surface area (Å²) in [5, 5.41) is 9.27. The number of amides is 1. The summed E-state index contributed by atoms with van der Waals surface area (Å²) in [6, 6.07) is 9.59. The number of hydrogen-bond acceptors (Lipinski definition) is 3. The Morgan fingerprint density at radius 2 is 2.21 bits per heavy atom. The first-order valence-electron chi connectivity index (χ1n) is 6.56. The van der Waals surface area contributed by atoms with Gasteiger partial charge in [-0.25, -0.2) is 0 Å². The van der Waals surface area contributed by atoms with Crippen molar-refractivity contribution in [3.8, 4) is 11.8 Å². The van der Waals surface area contributed by atoms with Gasteiger partial charge in [-0.1, -0.05) is 12.1 Å². The van der Waals surface area contributed by atoms with E-state index in [1.165, 1.54) is 0 Å². The zero-order valence-corrected chi connectivity index (χ0v) is 11.1. The lowest BCUT2D eigenvalue weighted by Gasteiger charge is -2.17. The average Bonchev–Trinajstić information content (AvgIpc) is 2.98. The smallest absolute Gasteiger partial charge is 0.224 e. The molecule has 0 saturated carbocycles. The fraction of sp³-hybridized carbons (Fsp3) is 0.467. The number of nitrogens with zero attached hydrogens (tertiary/aromatic N) is 2. The number of ether oxygens (including phenoxy) is 1. The van der Waals surface area contributed by atoms with Crippen LogP contribution in [0, 0.1) is 11.3 Å². The fourth-order valence-corrected chi connectivity index (χ4v) is 2.37. The van der Waals surface area contributed by atoms with E-state index in [2.05, 4.69) is 6.07 Å². The van der Waals surface area contributed by atoms with Gasteiger partial charge >= 0.3 is 0 Å². The second kappa shape index (κ2) is 6.24. The second-order valence-corrected chi connectivity index (χ2v) is 4.75.